The zero-order valence-electron chi connectivity index (χ0n) is 7.77. The average Bonchev–Trinajstić information content (AvgIpc) is 2.58. The second-order valence-corrected chi connectivity index (χ2v) is 3.43. The van der Waals surface area contributed by atoms with E-state index in [0.717, 1.165) is 6.07 Å². The van der Waals surface area contributed by atoms with E-state index in [2.05, 4.69) is 0 Å². The summed E-state index contributed by atoms with van der Waals surface area (Å²) in [6.07, 6.45) is 0.318. The number of benzene rings is 1. The first-order valence-corrected chi connectivity index (χ1v) is 4.49. The standard InChI is InChI=1S/C10H8F3NO/c11-7-3-9(13)10(4-8(7)12)14-2-1-6(15)5-14/h3-4H,1-2,5H2. The number of nitrogens with zero attached hydrogens (tertiary/aromatic N) is 1. The third kappa shape index (κ3) is 1.82. The lowest BCUT2D eigenvalue weighted by atomic mass is 10.2. The van der Waals surface area contributed by atoms with Crippen molar-refractivity contribution in [3.63, 3.8) is 0 Å². The molecule has 2 rings (SSSR count). The first kappa shape index (κ1) is 10.0. The summed E-state index contributed by atoms with van der Waals surface area (Å²) in [6, 6.07) is 1.27. The number of Topliss-reactive ketones (excluding diaryl/α,β-unsaturated/α-hetero) is 1. The number of ketones is 1. The van der Waals surface area contributed by atoms with Crippen molar-refractivity contribution in [2.24, 2.45) is 0 Å². The highest BCUT2D eigenvalue weighted by Crippen LogP contribution is 2.24. The van der Waals surface area contributed by atoms with Gasteiger partial charge in [0.15, 0.2) is 17.4 Å². The van der Waals surface area contributed by atoms with Crippen molar-refractivity contribution in [1.29, 1.82) is 0 Å². The molecule has 1 saturated heterocycles. The summed E-state index contributed by atoms with van der Waals surface area (Å²) in [5.41, 5.74) is -0.0558. The minimum absolute atomic E-state index is 0.0286. The molecule has 0 aliphatic carbocycles. The largest absolute Gasteiger partial charge is 0.361 e. The third-order valence-corrected chi connectivity index (χ3v) is 2.36. The third-order valence-electron chi connectivity index (χ3n) is 2.36. The second kappa shape index (κ2) is 3.56. The molecule has 0 saturated carbocycles. The van der Waals surface area contributed by atoms with Crippen LogP contribution >= 0.6 is 0 Å². The van der Waals surface area contributed by atoms with Crippen LogP contribution in [0.4, 0.5) is 18.9 Å². The first-order valence-electron chi connectivity index (χ1n) is 4.49. The molecular weight excluding hydrogens is 207 g/mol. The Bertz CT molecular complexity index is 419. The van der Waals surface area contributed by atoms with Gasteiger partial charge in [0.25, 0.3) is 0 Å². The Morgan fingerprint density at radius 2 is 1.73 bits per heavy atom. The van der Waals surface area contributed by atoms with Gasteiger partial charge < -0.3 is 4.90 Å². The van der Waals surface area contributed by atoms with Gasteiger partial charge in [0.2, 0.25) is 0 Å². The number of carbonyl (C=O) groups is 1. The number of carbonyl (C=O) groups excluding carboxylic acids is 1. The normalized spacial score (nSPS) is 16.2. The van der Waals surface area contributed by atoms with Gasteiger partial charge in [0, 0.05) is 25.1 Å². The molecule has 0 N–H and O–H groups in total. The molecule has 0 radical (unpaired) electrons. The molecular formula is C10H8F3NO. The van der Waals surface area contributed by atoms with Gasteiger partial charge in [-0.3, -0.25) is 4.79 Å². The van der Waals surface area contributed by atoms with E-state index in [1.54, 1.807) is 0 Å². The van der Waals surface area contributed by atoms with E-state index < -0.39 is 17.5 Å². The fourth-order valence-corrected chi connectivity index (χ4v) is 1.59. The van der Waals surface area contributed by atoms with Crippen LogP contribution in [0.2, 0.25) is 0 Å². The van der Waals surface area contributed by atoms with Crippen molar-refractivity contribution in [3.05, 3.63) is 29.6 Å². The van der Waals surface area contributed by atoms with Gasteiger partial charge in [-0.1, -0.05) is 0 Å². The lowest BCUT2D eigenvalue weighted by molar-refractivity contribution is -0.116. The highest BCUT2D eigenvalue weighted by Gasteiger charge is 2.23. The van der Waals surface area contributed by atoms with Gasteiger partial charge in [0.1, 0.15) is 5.82 Å². The predicted molar refractivity (Wildman–Crippen MR) is 48.2 cm³/mol. The summed E-state index contributed by atoms with van der Waals surface area (Å²) in [5.74, 6) is -3.20. The number of hydrogen-bond acceptors (Lipinski definition) is 2. The van der Waals surface area contributed by atoms with Gasteiger partial charge >= 0.3 is 0 Å². The highest BCUT2D eigenvalue weighted by atomic mass is 19.2. The fourth-order valence-electron chi connectivity index (χ4n) is 1.59. The van der Waals surface area contributed by atoms with E-state index in [0.29, 0.717) is 19.0 Å². The molecule has 0 aromatic heterocycles. The van der Waals surface area contributed by atoms with Crippen molar-refractivity contribution in [2.45, 2.75) is 6.42 Å². The SMILES string of the molecule is O=C1CCN(c2cc(F)c(F)cc2F)C1. The summed E-state index contributed by atoms with van der Waals surface area (Å²) in [7, 11) is 0. The molecule has 2 nitrogen and oxygen atoms in total. The minimum Gasteiger partial charge on any atom is -0.361 e. The molecule has 0 spiro atoms. The highest BCUT2D eigenvalue weighted by molar-refractivity contribution is 5.87. The lowest BCUT2D eigenvalue weighted by Crippen LogP contribution is -2.21. The maximum Gasteiger partial charge on any atom is 0.161 e. The Morgan fingerprint density at radius 3 is 2.33 bits per heavy atom. The van der Waals surface area contributed by atoms with Crippen molar-refractivity contribution >= 4 is 11.5 Å². The van der Waals surface area contributed by atoms with E-state index in [-0.39, 0.29) is 18.0 Å². The number of rotatable bonds is 1. The quantitative estimate of drug-likeness (QED) is 0.666. The van der Waals surface area contributed by atoms with E-state index in [9.17, 15) is 18.0 Å². The minimum atomic E-state index is -1.22. The molecule has 0 amide bonds. The van der Waals surface area contributed by atoms with Crippen LogP contribution in [0.15, 0.2) is 12.1 Å². The van der Waals surface area contributed by atoms with Crippen LogP contribution in [0.1, 0.15) is 6.42 Å². The van der Waals surface area contributed by atoms with E-state index in [1.807, 2.05) is 0 Å². The smallest absolute Gasteiger partial charge is 0.161 e. The monoisotopic (exact) mass is 215 g/mol. The molecule has 1 aromatic carbocycles. The van der Waals surface area contributed by atoms with Gasteiger partial charge in [-0.25, -0.2) is 13.2 Å². The Hall–Kier alpha value is -1.52. The summed E-state index contributed by atoms with van der Waals surface area (Å²) < 4.78 is 38.7. The topological polar surface area (TPSA) is 20.3 Å². The summed E-state index contributed by atoms with van der Waals surface area (Å²) >= 11 is 0. The molecule has 1 aromatic rings. The van der Waals surface area contributed by atoms with Crippen molar-refractivity contribution in [2.75, 3.05) is 18.0 Å². The fraction of sp³-hybridized carbons (Fsp3) is 0.300. The van der Waals surface area contributed by atoms with E-state index in [1.165, 1.54) is 4.90 Å². The second-order valence-electron chi connectivity index (χ2n) is 3.43. The predicted octanol–water partition coefficient (Wildman–Crippen LogP) is 1.88. The molecule has 0 bridgehead atoms. The molecule has 0 unspecified atom stereocenters. The summed E-state index contributed by atoms with van der Waals surface area (Å²) in [4.78, 5) is 12.4. The molecule has 15 heavy (non-hydrogen) atoms. The summed E-state index contributed by atoms with van der Waals surface area (Å²) in [6.45, 7) is 0.406. The van der Waals surface area contributed by atoms with Gasteiger partial charge in [-0.05, 0) is 0 Å². The summed E-state index contributed by atoms with van der Waals surface area (Å²) in [5, 5.41) is 0. The van der Waals surface area contributed by atoms with Gasteiger partial charge in [-0.2, -0.15) is 0 Å². The van der Waals surface area contributed by atoms with Crippen LogP contribution in [0, 0.1) is 17.5 Å². The van der Waals surface area contributed by atoms with Crippen LogP contribution in [-0.2, 0) is 4.79 Å². The Morgan fingerprint density at radius 1 is 1.07 bits per heavy atom. The van der Waals surface area contributed by atoms with E-state index >= 15 is 0 Å². The Kier molecular flexibility index (Phi) is 2.38. The van der Waals surface area contributed by atoms with Crippen molar-refractivity contribution in [3.8, 4) is 0 Å². The molecule has 80 valence electrons. The molecule has 1 heterocycles. The number of hydrogen-bond donors (Lipinski definition) is 0. The van der Waals surface area contributed by atoms with Crippen molar-refractivity contribution < 1.29 is 18.0 Å². The lowest BCUT2D eigenvalue weighted by Gasteiger charge is -2.17. The van der Waals surface area contributed by atoms with Crippen molar-refractivity contribution in [1.82, 2.24) is 0 Å². The van der Waals surface area contributed by atoms with Crippen LogP contribution in [0.3, 0.4) is 0 Å². The Balaban J connectivity index is 2.36. The zero-order valence-corrected chi connectivity index (χ0v) is 7.77. The maximum absolute atomic E-state index is 13.2. The van der Waals surface area contributed by atoms with Crippen LogP contribution < -0.4 is 4.90 Å². The maximum atomic E-state index is 13.2. The average molecular weight is 215 g/mol. The van der Waals surface area contributed by atoms with Crippen LogP contribution in [0.25, 0.3) is 0 Å². The Labute approximate surface area is 84.3 Å². The molecule has 1 fully saturated rings. The number of halogens is 3. The van der Waals surface area contributed by atoms with Crippen LogP contribution in [0.5, 0.6) is 0 Å². The van der Waals surface area contributed by atoms with E-state index in [4.69, 9.17) is 0 Å². The van der Waals surface area contributed by atoms with Crippen LogP contribution in [-0.4, -0.2) is 18.9 Å². The molecule has 0 atom stereocenters. The molecule has 5 heteroatoms. The zero-order chi connectivity index (χ0) is 11.0. The molecule has 1 aliphatic heterocycles. The van der Waals surface area contributed by atoms with Gasteiger partial charge in [0.05, 0.1) is 12.2 Å². The van der Waals surface area contributed by atoms with Gasteiger partial charge in [-0.15, -0.1) is 0 Å². The molecule has 1 aliphatic rings. The number of anilines is 1. The first-order chi connectivity index (χ1) is 7.08.